The third kappa shape index (κ3) is 5.58. The van der Waals surface area contributed by atoms with Crippen molar-refractivity contribution in [2.45, 2.75) is 52.9 Å². The topological polar surface area (TPSA) is 57.5 Å². The first kappa shape index (κ1) is 20.4. The van der Waals surface area contributed by atoms with Crippen molar-refractivity contribution < 1.29 is 0 Å². The quantitative estimate of drug-likeness (QED) is 0.571. The van der Waals surface area contributed by atoms with Gasteiger partial charge in [-0.05, 0) is 43.9 Å². The number of hydrogen-bond acceptors (Lipinski definition) is 3. The molecular formula is C22H34N6. The van der Waals surface area contributed by atoms with Gasteiger partial charge in [-0.3, -0.25) is 9.58 Å². The summed E-state index contributed by atoms with van der Waals surface area (Å²) in [4.78, 5) is 7.38. The van der Waals surface area contributed by atoms with Crippen molar-refractivity contribution in [1.82, 2.24) is 25.3 Å². The Hall–Kier alpha value is -2.34. The number of likely N-dealkylation sites (tertiary alicyclic amines) is 1. The number of aliphatic imine (C=N–C) groups is 1. The molecule has 0 saturated carbocycles. The first-order chi connectivity index (χ1) is 13.5. The smallest absolute Gasteiger partial charge is 0.191 e. The predicted octanol–water partition coefficient (Wildman–Crippen LogP) is 2.72. The highest BCUT2D eigenvalue weighted by atomic mass is 15.3. The average molecular weight is 383 g/mol. The van der Waals surface area contributed by atoms with Gasteiger partial charge < -0.3 is 10.6 Å². The Morgan fingerprint density at radius 1 is 1.25 bits per heavy atom. The molecule has 2 N–H and O–H groups in total. The summed E-state index contributed by atoms with van der Waals surface area (Å²) >= 11 is 0. The van der Waals surface area contributed by atoms with E-state index < -0.39 is 0 Å². The molecule has 1 aliphatic heterocycles. The minimum atomic E-state index is 0.436. The van der Waals surface area contributed by atoms with Gasteiger partial charge >= 0.3 is 0 Å². The molecule has 0 radical (unpaired) electrons. The fourth-order valence-electron chi connectivity index (χ4n) is 3.69. The fraction of sp³-hybridized carbons (Fsp3) is 0.545. The Kier molecular flexibility index (Phi) is 7.09. The van der Waals surface area contributed by atoms with Gasteiger partial charge in [0.15, 0.2) is 5.96 Å². The van der Waals surface area contributed by atoms with Crippen molar-refractivity contribution in [1.29, 1.82) is 0 Å². The van der Waals surface area contributed by atoms with Gasteiger partial charge in [-0.1, -0.05) is 31.2 Å². The molecule has 2 atom stereocenters. The molecule has 2 heterocycles. The predicted molar refractivity (Wildman–Crippen MR) is 115 cm³/mol. The molecule has 2 aromatic rings. The normalized spacial score (nSPS) is 20.7. The van der Waals surface area contributed by atoms with Gasteiger partial charge in [0.2, 0.25) is 0 Å². The van der Waals surface area contributed by atoms with E-state index in [0.717, 1.165) is 32.1 Å². The van der Waals surface area contributed by atoms with E-state index in [9.17, 15) is 0 Å². The zero-order valence-corrected chi connectivity index (χ0v) is 17.6. The van der Waals surface area contributed by atoms with E-state index in [1.807, 2.05) is 23.1 Å². The third-order valence-electron chi connectivity index (χ3n) is 5.35. The van der Waals surface area contributed by atoms with Crippen LogP contribution in [0, 0.1) is 5.92 Å². The molecule has 152 valence electrons. The molecule has 0 amide bonds. The van der Waals surface area contributed by atoms with Crippen LogP contribution in [-0.4, -0.2) is 52.4 Å². The molecule has 1 aromatic heterocycles. The number of guanidine groups is 1. The summed E-state index contributed by atoms with van der Waals surface area (Å²) in [6.07, 6.45) is 3.80. The van der Waals surface area contributed by atoms with Crippen molar-refractivity contribution in [3.05, 3.63) is 53.9 Å². The van der Waals surface area contributed by atoms with Crippen molar-refractivity contribution >= 4 is 5.96 Å². The van der Waals surface area contributed by atoms with E-state index >= 15 is 0 Å². The summed E-state index contributed by atoms with van der Waals surface area (Å²) in [5.74, 6) is 1.52. The largest absolute Gasteiger partial charge is 0.357 e. The van der Waals surface area contributed by atoms with Gasteiger partial charge in [0.05, 0.1) is 13.1 Å². The minimum Gasteiger partial charge on any atom is -0.357 e. The molecule has 28 heavy (non-hydrogen) atoms. The van der Waals surface area contributed by atoms with Crippen LogP contribution < -0.4 is 10.6 Å². The summed E-state index contributed by atoms with van der Waals surface area (Å²) in [5, 5.41) is 11.3. The summed E-state index contributed by atoms with van der Waals surface area (Å²) in [6, 6.07) is 11.6. The van der Waals surface area contributed by atoms with E-state index in [1.54, 1.807) is 0 Å². The molecule has 0 aliphatic carbocycles. The number of hydrogen-bond donors (Lipinski definition) is 2. The molecule has 1 fully saturated rings. The standard InChI is InChI=1S/C22H34N6/c1-5-23-22(26-21-16-27(17(2)3)14-18(21)4)24-13-19-8-6-9-20(12-19)15-28-11-7-10-25-28/h6-12,17-18,21H,5,13-16H2,1-4H3,(H2,23,24,26). The first-order valence-electron chi connectivity index (χ1n) is 10.4. The summed E-state index contributed by atoms with van der Waals surface area (Å²) < 4.78 is 1.94. The van der Waals surface area contributed by atoms with Gasteiger partial charge in [0, 0.05) is 44.1 Å². The van der Waals surface area contributed by atoms with Crippen LogP contribution in [0.1, 0.15) is 38.8 Å². The lowest BCUT2D eigenvalue weighted by atomic mass is 10.1. The summed E-state index contributed by atoms with van der Waals surface area (Å²) in [6.45, 7) is 13.5. The van der Waals surface area contributed by atoms with E-state index in [2.05, 4.69) is 72.6 Å². The summed E-state index contributed by atoms with van der Waals surface area (Å²) in [5.41, 5.74) is 2.46. The van der Waals surface area contributed by atoms with Crippen molar-refractivity contribution in [3.63, 3.8) is 0 Å². The average Bonchev–Trinajstić information content (AvgIpc) is 3.30. The Bertz CT molecular complexity index is 752. The van der Waals surface area contributed by atoms with Crippen molar-refractivity contribution in [2.75, 3.05) is 19.6 Å². The van der Waals surface area contributed by atoms with Crippen LogP contribution in [0.2, 0.25) is 0 Å². The van der Waals surface area contributed by atoms with Crippen molar-refractivity contribution in [2.24, 2.45) is 10.9 Å². The molecule has 0 spiro atoms. The van der Waals surface area contributed by atoms with Gasteiger partial charge in [0.1, 0.15) is 0 Å². The number of nitrogens with zero attached hydrogens (tertiary/aromatic N) is 4. The zero-order chi connectivity index (χ0) is 19.9. The highest BCUT2D eigenvalue weighted by Crippen LogP contribution is 2.18. The molecule has 6 heteroatoms. The maximum Gasteiger partial charge on any atom is 0.191 e. The SMILES string of the molecule is CCNC(=NCc1cccc(Cn2cccn2)c1)NC1CN(C(C)C)CC1C. The van der Waals surface area contributed by atoms with Crippen LogP contribution in [0.15, 0.2) is 47.7 Å². The fourth-order valence-corrected chi connectivity index (χ4v) is 3.69. The third-order valence-corrected chi connectivity index (χ3v) is 5.35. The Labute approximate surface area is 169 Å². The van der Waals surface area contributed by atoms with E-state index in [4.69, 9.17) is 4.99 Å². The maximum absolute atomic E-state index is 4.84. The Morgan fingerprint density at radius 2 is 2.07 bits per heavy atom. The van der Waals surface area contributed by atoms with Crippen LogP contribution in [0.25, 0.3) is 0 Å². The molecule has 3 rings (SSSR count). The van der Waals surface area contributed by atoms with E-state index in [0.29, 0.717) is 24.5 Å². The van der Waals surface area contributed by atoms with Gasteiger partial charge in [-0.25, -0.2) is 4.99 Å². The molecule has 2 unspecified atom stereocenters. The second-order valence-corrected chi connectivity index (χ2v) is 7.99. The second kappa shape index (κ2) is 9.73. The number of rotatable bonds is 7. The van der Waals surface area contributed by atoms with Gasteiger partial charge in [0.25, 0.3) is 0 Å². The Balaban J connectivity index is 1.63. The van der Waals surface area contributed by atoms with E-state index in [-0.39, 0.29) is 0 Å². The number of benzene rings is 1. The summed E-state index contributed by atoms with van der Waals surface area (Å²) in [7, 11) is 0. The lowest BCUT2D eigenvalue weighted by Crippen LogP contribution is -2.46. The van der Waals surface area contributed by atoms with Crippen LogP contribution in [0.4, 0.5) is 0 Å². The number of aromatic nitrogens is 2. The highest BCUT2D eigenvalue weighted by Gasteiger charge is 2.31. The van der Waals surface area contributed by atoms with E-state index in [1.165, 1.54) is 11.1 Å². The monoisotopic (exact) mass is 382 g/mol. The molecule has 1 aliphatic rings. The number of nitrogens with one attached hydrogen (secondary N) is 2. The lowest BCUT2D eigenvalue weighted by molar-refractivity contribution is 0.265. The maximum atomic E-state index is 4.84. The van der Waals surface area contributed by atoms with Crippen LogP contribution in [-0.2, 0) is 13.1 Å². The Morgan fingerprint density at radius 3 is 2.75 bits per heavy atom. The molecule has 1 aromatic carbocycles. The van der Waals surface area contributed by atoms with Crippen LogP contribution in [0.3, 0.4) is 0 Å². The van der Waals surface area contributed by atoms with Gasteiger partial charge in [-0.15, -0.1) is 0 Å². The minimum absolute atomic E-state index is 0.436. The zero-order valence-electron chi connectivity index (χ0n) is 17.6. The molecule has 1 saturated heterocycles. The lowest BCUT2D eigenvalue weighted by Gasteiger charge is -2.22. The van der Waals surface area contributed by atoms with Gasteiger partial charge in [-0.2, -0.15) is 5.10 Å². The molecule has 0 bridgehead atoms. The molecule has 6 nitrogen and oxygen atoms in total. The van der Waals surface area contributed by atoms with Crippen LogP contribution in [0.5, 0.6) is 0 Å². The van der Waals surface area contributed by atoms with Crippen LogP contribution >= 0.6 is 0 Å². The second-order valence-electron chi connectivity index (χ2n) is 7.99. The highest BCUT2D eigenvalue weighted by molar-refractivity contribution is 5.80. The molecular weight excluding hydrogens is 348 g/mol. The first-order valence-corrected chi connectivity index (χ1v) is 10.4. The van der Waals surface area contributed by atoms with Crippen molar-refractivity contribution in [3.8, 4) is 0 Å².